The van der Waals surface area contributed by atoms with Gasteiger partial charge in [-0.25, -0.2) is 13.4 Å². The molecule has 0 saturated carbocycles. The van der Waals surface area contributed by atoms with Crippen LogP contribution >= 0.6 is 0 Å². The van der Waals surface area contributed by atoms with E-state index in [9.17, 15) is 13.2 Å². The number of benzene rings is 1. The first-order valence-electron chi connectivity index (χ1n) is 8.14. The Bertz CT molecular complexity index is 948. The van der Waals surface area contributed by atoms with Crippen LogP contribution < -0.4 is 5.32 Å². The van der Waals surface area contributed by atoms with Crippen LogP contribution in [0, 0.1) is 0 Å². The van der Waals surface area contributed by atoms with Crippen molar-refractivity contribution in [1.29, 1.82) is 0 Å². The molecule has 3 aromatic rings. The molecular formula is C18H19N3O4S. The SMILES string of the molecule is O=C(NCCCn1ccnc1)c1occc1CS(=O)(=O)c1ccccc1. The molecule has 2 heterocycles. The van der Waals surface area contributed by atoms with Crippen molar-refractivity contribution < 1.29 is 17.6 Å². The van der Waals surface area contributed by atoms with Gasteiger partial charge in [-0.3, -0.25) is 4.79 Å². The summed E-state index contributed by atoms with van der Waals surface area (Å²) in [4.78, 5) is 16.5. The molecule has 3 rings (SSSR count). The van der Waals surface area contributed by atoms with Crippen molar-refractivity contribution >= 4 is 15.7 Å². The third-order valence-electron chi connectivity index (χ3n) is 3.84. The van der Waals surface area contributed by atoms with Crippen LogP contribution in [0.4, 0.5) is 0 Å². The van der Waals surface area contributed by atoms with Gasteiger partial charge >= 0.3 is 0 Å². The van der Waals surface area contributed by atoms with Crippen LogP contribution in [0.3, 0.4) is 0 Å². The predicted molar refractivity (Wildman–Crippen MR) is 95.2 cm³/mol. The number of furan rings is 1. The highest BCUT2D eigenvalue weighted by molar-refractivity contribution is 7.90. The summed E-state index contributed by atoms with van der Waals surface area (Å²) in [5.41, 5.74) is 0.348. The molecule has 0 bridgehead atoms. The lowest BCUT2D eigenvalue weighted by Gasteiger charge is -2.07. The maximum absolute atomic E-state index is 12.5. The minimum absolute atomic E-state index is 0.0344. The number of sulfone groups is 1. The van der Waals surface area contributed by atoms with Crippen LogP contribution in [-0.4, -0.2) is 30.4 Å². The number of nitrogens with zero attached hydrogens (tertiary/aromatic N) is 2. The number of aryl methyl sites for hydroxylation is 1. The Morgan fingerprint density at radius 1 is 1.19 bits per heavy atom. The van der Waals surface area contributed by atoms with Gasteiger partial charge in [0.15, 0.2) is 15.6 Å². The molecule has 8 heteroatoms. The maximum atomic E-state index is 12.5. The standard InChI is InChI=1S/C18H19N3O4S/c22-18(20-8-4-10-21-11-9-19-14-21)17-15(7-12-25-17)13-26(23,24)16-5-2-1-3-6-16/h1-3,5-7,9,11-12,14H,4,8,10,13H2,(H,20,22). The van der Waals surface area contributed by atoms with Gasteiger partial charge in [-0.05, 0) is 24.6 Å². The number of imidazole rings is 1. The summed E-state index contributed by atoms with van der Waals surface area (Å²) in [7, 11) is -3.54. The molecule has 136 valence electrons. The van der Waals surface area contributed by atoms with Gasteiger partial charge in [0.05, 0.1) is 23.2 Å². The monoisotopic (exact) mass is 373 g/mol. The van der Waals surface area contributed by atoms with Gasteiger partial charge in [0.1, 0.15) is 0 Å². The summed E-state index contributed by atoms with van der Waals surface area (Å²) >= 11 is 0. The summed E-state index contributed by atoms with van der Waals surface area (Å²) in [6, 6.07) is 9.66. The van der Waals surface area contributed by atoms with Crippen molar-refractivity contribution in [2.75, 3.05) is 6.54 Å². The molecule has 26 heavy (non-hydrogen) atoms. The quantitative estimate of drug-likeness (QED) is 0.611. The number of amides is 1. The lowest BCUT2D eigenvalue weighted by Crippen LogP contribution is -2.26. The lowest BCUT2D eigenvalue weighted by molar-refractivity contribution is 0.0924. The van der Waals surface area contributed by atoms with Crippen molar-refractivity contribution in [3.8, 4) is 0 Å². The average Bonchev–Trinajstić information content (AvgIpc) is 3.31. The molecule has 1 N–H and O–H groups in total. The minimum Gasteiger partial charge on any atom is -0.459 e. The van der Waals surface area contributed by atoms with Crippen molar-refractivity contribution in [2.24, 2.45) is 0 Å². The Morgan fingerprint density at radius 3 is 2.73 bits per heavy atom. The van der Waals surface area contributed by atoms with Gasteiger partial charge in [-0.2, -0.15) is 0 Å². The van der Waals surface area contributed by atoms with E-state index in [1.807, 2.05) is 10.8 Å². The summed E-state index contributed by atoms with van der Waals surface area (Å²) in [5.74, 6) is -0.670. The van der Waals surface area contributed by atoms with Crippen LogP contribution in [-0.2, 0) is 22.1 Å². The maximum Gasteiger partial charge on any atom is 0.287 e. The largest absolute Gasteiger partial charge is 0.459 e. The van der Waals surface area contributed by atoms with Crippen molar-refractivity contribution in [3.63, 3.8) is 0 Å². The van der Waals surface area contributed by atoms with Crippen LogP contribution in [0.2, 0.25) is 0 Å². The number of hydrogen-bond acceptors (Lipinski definition) is 5. The molecule has 0 unspecified atom stereocenters. The Morgan fingerprint density at radius 2 is 2.00 bits per heavy atom. The predicted octanol–water partition coefficient (Wildman–Crippen LogP) is 2.27. The fourth-order valence-corrected chi connectivity index (χ4v) is 3.90. The van der Waals surface area contributed by atoms with Crippen molar-refractivity contribution in [1.82, 2.24) is 14.9 Å². The lowest BCUT2D eigenvalue weighted by atomic mass is 10.2. The van der Waals surface area contributed by atoms with Gasteiger partial charge in [0.2, 0.25) is 0 Å². The average molecular weight is 373 g/mol. The highest BCUT2D eigenvalue weighted by Crippen LogP contribution is 2.19. The smallest absolute Gasteiger partial charge is 0.287 e. The van der Waals surface area contributed by atoms with Gasteiger partial charge in [0.25, 0.3) is 5.91 Å². The molecule has 0 aliphatic carbocycles. The third-order valence-corrected chi connectivity index (χ3v) is 5.52. The zero-order valence-corrected chi connectivity index (χ0v) is 14.9. The summed E-state index contributed by atoms with van der Waals surface area (Å²) in [5, 5.41) is 2.75. The fourth-order valence-electron chi connectivity index (χ4n) is 2.53. The first-order valence-corrected chi connectivity index (χ1v) is 9.79. The summed E-state index contributed by atoms with van der Waals surface area (Å²) in [6.07, 6.45) is 7.30. The van der Waals surface area contributed by atoms with Crippen LogP contribution in [0.25, 0.3) is 0 Å². The van der Waals surface area contributed by atoms with E-state index < -0.39 is 15.7 Å². The second-order valence-electron chi connectivity index (χ2n) is 5.76. The number of nitrogens with one attached hydrogen (secondary N) is 1. The minimum atomic E-state index is -3.54. The topological polar surface area (TPSA) is 94.2 Å². The van der Waals surface area contributed by atoms with Gasteiger partial charge in [0, 0.05) is 31.0 Å². The van der Waals surface area contributed by atoms with Gasteiger partial charge in [-0.1, -0.05) is 18.2 Å². The first kappa shape index (κ1) is 17.9. The van der Waals surface area contributed by atoms with Crippen LogP contribution in [0.5, 0.6) is 0 Å². The van der Waals surface area contributed by atoms with Gasteiger partial charge < -0.3 is 14.3 Å². The second-order valence-corrected chi connectivity index (χ2v) is 7.75. The molecular weight excluding hydrogens is 354 g/mol. The molecule has 0 saturated heterocycles. The van der Waals surface area contributed by atoms with Crippen molar-refractivity contribution in [3.05, 3.63) is 72.7 Å². The third kappa shape index (κ3) is 4.40. The molecule has 1 aromatic carbocycles. The molecule has 0 aliphatic rings. The molecule has 0 aliphatic heterocycles. The first-order chi connectivity index (χ1) is 12.6. The number of rotatable bonds is 8. The van der Waals surface area contributed by atoms with Crippen molar-refractivity contribution in [2.45, 2.75) is 23.6 Å². The van der Waals surface area contributed by atoms with E-state index in [2.05, 4.69) is 10.3 Å². The van der Waals surface area contributed by atoms with Crippen LogP contribution in [0.15, 0.2) is 70.7 Å². The number of hydrogen-bond donors (Lipinski definition) is 1. The zero-order valence-electron chi connectivity index (χ0n) is 14.0. The number of carbonyl (C=O) groups is 1. The van der Waals surface area contributed by atoms with E-state index >= 15 is 0 Å². The fraction of sp³-hybridized carbons (Fsp3) is 0.222. The zero-order chi connectivity index (χ0) is 18.4. The molecule has 1 amide bonds. The molecule has 0 spiro atoms. The molecule has 7 nitrogen and oxygen atoms in total. The normalized spacial score (nSPS) is 11.4. The van der Waals surface area contributed by atoms with E-state index in [0.717, 1.165) is 13.0 Å². The van der Waals surface area contributed by atoms with E-state index in [0.29, 0.717) is 12.1 Å². The van der Waals surface area contributed by atoms with Crippen LogP contribution in [0.1, 0.15) is 22.5 Å². The number of carbonyl (C=O) groups excluding carboxylic acids is 1. The molecule has 0 atom stereocenters. The molecule has 2 aromatic heterocycles. The molecule has 0 radical (unpaired) electrons. The highest BCUT2D eigenvalue weighted by Gasteiger charge is 2.22. The van der Waals surface area contributed by atoms with E-state index in [1.165, 1.54) is 24.5 Å². The Hall–Kier alpha value is -2.87. The second kappa shape index (κ2) is 8.01. The summed E-state index contributed by atoms with van der Waals surface area (Å²) in [6.45, 7) is 1.18. The Balaban J connectivity index is 1.60. The van der Waals surface area contributed by atoms with E-state index in [-0.39, 0.29) is 16.4 Å². The highest BCUT2D eigenvalue weighted by atomic mass is 32.2. The summed E-state index contributed by atoms with van der Waals surface area (Å²) < 4.78 is 32.1. The van der Waals surface area contributed by atoms with Gasteiger partial charge in [-0.15, -0.1) is 0 Å². The number of aromatic nitrogens is 2. The van der Waals surface area contributed by atoms with E-state index in [1.54, 1.807) is 30.7 Å². The van der Waals surface area contributed by atoms with E-state index in [4.69, 9.17) is 4.42 Å². The molecule has 0 fully saturated rings. The Kier molecular flexibility index (Phi) is 5.52. The Labute approximate surface area is 151 Å².